The summed E-state index contributed by atoms with van der Waals surface area (Å²) in [7, 11) is 0. The Hall–Kier alpha value is -3.22. The van der Waals surface area contributed by atoms with Gasteiger partial charge in [-0.15, -0.1) is 0 Å². The Morgan fingerprint density at radius 3 is 2.50 bits per heavy atom. The molecule has 1 heterocycles. The number of pyridine rings is 1. The van der Waals surface area contributed by atoms with Crippen molar-refractivity contribution in [1.29, 1.82) is 0 Å². The Morgan fingerprint density at radius 1 is 1.12 bits per heavy atom. The van der Waals surface area contributed by atoms with Crippen LogP contribution in [-0.2, 0) is 20.9 Å². The summed E-state index contributed by atoms with van der Waals surface area (Å²) in [5, 5.41) is 11.4. The number of carboxylic acid groups (broad SMARTS) is 1. The molecule has 7 nitrogen and oxygen atoms in total. The van der Waals surface area contributed by atoms with Crippen molar-refractivity contribution in [3.63, 3.8) is 0 Å². The molecule has 7 heteroatoms. The van der Waals surface area contributed by atoms with Crippen LogP contribution >= 0.6 is 0 Å². The van der Waals surface area contributed by atoms with Crippen LogP contribution < -0.4 is 5.32 Å². The van der Waals surface area contributed by atoms with Gasteiger partial charge in [0.05, 0.1) is 12.0 Å². The largest absolute Gasteiger partial charge is 0.480 e. The number of rotatable bonds is 7. The summed E-state index contributed by atoms with van der Waals surface area (Å²) in [4.78, 5) is 38.8. The number of nitrogens with zero attached hydrogens (tertiary/aromatic N) is 1. The Labute approximate surface area is 138 Å². The van der Waals surface area contributed by atoms with Gasteiger partial charge in [-0.25, -0.2) is 4.79 Å². The standard InChI is InChI=1S/C17H16N2O5/c20-15(24-11-12-5-2-1-3-6-12)9-14(17(22)23)19-16(21)13-7-4-8-18-10-13/h1-8,10,14H,9,11H2,(H,19,21)(H,22,23)/t14-/m1/s1. The summed E-state index contributed by atoms with van der Waals surface area (Å²) in [6.45, 7) is 0.0442. The van der Waals surface area contributed by atoms with Crippen molar-refractivity contribution in [2.24, 2.45) is 0 Å². The minimum atomic E-state index is -1.37. The second-order valence-corrected chi connectivity index (χ2v) is 4.96. The highest BCUT2D eigenvalue weighted by atomic mass is 16.5. The van der Waals surface area contributed by atoms with Gasteiger partial charge in [0.1, 0.15) is 12.6 Å². The molecule has 0 radical (unpaired) electrons. The normalized spacial score (nSPS) is 11.3. The molecule has 0 saturated carbocycles. The molecule has 1 aromatic heterocycles. The first-order chi connectivity index (χ1) is 11.6. The van der Waals surface area contributed by atoms with E-state index in [-0.39, 0.29) is 12.2 Å². The van der Waals surface area contributed by atoms with Crippen molar-refractivity contribution >= 4 is 17.8 Å². The first-order valence-electron chi connectivity index (χ1n) is 7.19. The molecule has 0 spiro atoms. The lowest BCUT2D eigenvalue weighted by atomic mass is 10.2. The number of amides is 1. The quantitative estimate of drug-likeness (QED) is 0.744. The molecule has 1 atom stereocenters. The van der Waals surface area contributed by atoms with E-state index < -0.39 is 30.3 Å². The number of esters is 1. The maximum atomic E-state index is 12.0. The van der Waals surface area contributed by atoms with Crippen LogP contribution in [0.25, 0.3) is 0 Å². The van der Waals surface area contributed by atoms with Crippen molar-refractivity contribution in [3.8, 4) is 0 Å². The summed E-state index contributed by atoms with van der Waals surface area (Å²) < 4.78 is 5.03. The average molecular weight is 328 g/mol. The molecule has 0 aliphatic heterocycles. The number of nitrogens with one attached hydrogen (secondary N) is 1. The second kappa shape index (κ2) is 8.42. The molecular formula is C17H16N2O5. The van der Waals surface area contributed by atoms with E-state index in [1.54, 1.807) is 30.3 Å². The van der Waals surface area contributed by atoms with E-state index in [0.717, 1.165) is 5.56 Å². The Balaban J connectivity index is 1.89. The molecule has 2 rings (SSSR count). The van der Waals surface area contributed by atoms with Gasteiger partial charge in [0.25, 0.3) is 5.91 Å². The molecule has 2 aromatic rings. The third-order valence-corrected chi connectivity index (χ3v) is 3.14. The Bertz CT molecular complexity index is 703. The first-order valence-corrected chi connectivity index (χ1v) is 7.19. The van der Waals surface area contributed by atoms with E-state index in [2.05, 4.69) is 10.3 Å². The van der Waals surface area contributed by atoms with Crippen LogP contribution in [0.1, 0.15) is 22.3 Å². The number of hydrogen-bond acceptors (Lipinski definition) is 5. The highest BCUT2D eigenvalue weighted by Gasteiger charge is 2.24. The van der Waals surface area contributed by atoms with E-state index in [0.29, 0.717) is 0 Å². The van der Waals surface area contributed by atoms with Crippen LogP contribution in [0.15, 0.2) is 54.9 Å². The monoisotopic (exact) mass is 328 g/mol. The van der Waals surface area contributed by atoms with E-state index in [1.165, 1.54) is 18.5 Å². The van der Waals surface area contributed by atoms with E-state index in [1.807, 2.05) is 6.07 Å². The van der Waals surface area contributed by atoms with Gasteiger partial charge in [-0.1, -0.05) is 30.3 Å². The van der Waals surface area contributed by atoms with Crippen molar-refractivity contribution in [2.75, 3.05) is 0 Å². The van der Waals surface area contributed by atoms with Gasteiger partial charge in [0, 0.05) is 12.4 Å². The van der Waals surface area contributed by atoms with Crippen LogP contribution in [-0.4, -0.2) is 34.0 Å². The van der Waals surface area contributed by atoms with Crippen LogP contribution in [0.3, 0.4) is 0 Å². The predicted octanol–water partition coefficient (Wildman–Crippen LogP) is 1.40. The number of carboxylic acids is 1. The van der Waals surface area contributed by atoms with E-state index >= 15 is 0 Å². The summed E-state index contributed by atoms with van der Waals surface area (Å²) in [5.41, 5.74) is 0.999. The lowest BCUT2D eigenvalue weighted by Gasteiger charge is -2.14. The van der Waals surface area contributed by atoms with Crippen LogP contribution in [0.5, 0.6) is 0 Å². The summed E-state index contributed by atoms with van der Waals surface area (Å²) in [6, 6.07) is 10.7. The number of ether oxygens (including phenoxy) is 1. The number of carbonyl (C=O) groups excluding carboxylic acids is 2. The van der Waals surface area contributed by atoms with Crippen LogP contribution in [0.2, 0.25) is 0 Å². The van der Waals surface area contributed by atoms with Gasteiger partial charge in [-0.2, -0.15) is 0 Å². The predicted molar refractivity (Wildman–Crippen MR) is 84.0 cm³/mol. The molecule has 0 fully saturated rings. The molecule has 24 heavy (non-hydrogen) atoms. The average Bonchev–Trinajstić information content (AvgIpc) is 2.61. The smallest absolute Gasteiger partial charge is 0.326 e. The third kappa shape index (κ3) is 5.20. The van der Waals surface area contributed by atoms with Crippen molar-refractivity contribution < 1.29 is 24.2 Å². The van der Waals surface area contributed by atoms with Crippen LogP contribution in [0, 0.1) is 0 Å². The van der Waals surface area contributed by atoms with Gasteiger partial charge in [-0.05, 0) is 17.7 Å². The highest BCUT2D eigenvalue weighted by Crippen LogP contribution is 2.04. The molecule has 1 aromatic carbocycles. The Morgan fingerprint density at radius 2 is 1.88 bits per heavy atom. The lowest BCUT2D eigenvalue weighted by molar-refractivity contribution is -0.150. The summed E-state index contributed by atoms with van der Waals surface area (Å²) in [5.74, 6) is -2.65. The zero-order chi connectivity index (χ0) is 17.4. The summed E-state index contributed by atoms with van der Waals surface area (Å²) in [6.07, 6.45) is 2.34. The molecular weight excluding hydrogens is 312 g/mol. The first kappa shape index (κ1) is 17.1. The van der Waals surface area contributed by atoms with E-state index in [9.17, 15) is 14.4 Å². The maximum absolute atomic E-state index is 12.0. The molecule has 2 N–H and O–H groups in total. The minimum absolute atomic E-state index is 0.0442. The van der Waals surface area contributed by atoms with Gasteiger partial charge in [0.15, 0.2) is 0 Å². The summed E-state index contributed by atoms with van der Waals surface area (Å²) >= 11 is 0. The number of aliphatic carboxylic acids is 1. The molecule has 0 aliphatic carbocycles. The Kier molecular flexibility index (Phi) is 6.01. The fourth-order valence-corrected chi connectivity index (χ4v) is 1.90. The number of benzene rings is 1. The maximum Gasteiger partial charge on any atom is 0.326 e. The highest BCUT2D eigenvalue weighted by molar-refractivity contribution is 5.97. The SMILES string of the molecule is O=C(C[C@@H](NC(=O)c1cccnc1)C(=O)O)OCc1ccccc1. The van der Waals surface area contributed by atoms with E-state index in [4.69, 9.17) is 9.84 Å². The fraction of sp³-hybridized carbons (Fsp3) is 0.176. The molecule has 124 valence electrons. The van der Waals surface area contributed by atoms with Gasteiger partial charge < -0.3 is 15.2 Å². The second-order valence-electron chi connectivity index (χ2n) is 4.96. The fourth-order valence-electron chi connectivity index (χ4n) is 1.90. The van der Waals surface area contributed by atoms with Gasteiger partial charge in [-0.3, -0.25) is 14.6 Å². The molecule has 1 amide bonds. The van der Waals surface area contributed by atoms with Crippen LogP contribution in [0.4, 0.5) is 0 Å². The number of carbonyl (C=O) groups is 3. The lowest BCUT2D eigenvalue weighted by Crippen LogP contribution is -2.42. The minimum Gasteiger partial charge on any atom is -0.480 e. The zero-order valence-electron chi connectivity index (χ0n) is 12.7. The molecule has 0 saturated heterocycles. The van der Waals surface area contributed by atoms with Gasteiger partial charge >= 0.3 is 11.9 Å². The third-order valence-electron chi connectivity index (χ3n) is 3.14. The van der Waals surface area contributed by atoms with Crippen molar-refractivity contribution in [1.82, 2.24) is 10.3 Å². The topological polar surface area (TPSA) is 106 Å². The van der Waals surface area contributed by atoms with Gasteiger partial charge in [0.2, 0.25) is 0 Å². The number of aromatic nitrogens is 1. The number of hydrogen-bond donors (Lipinski definition) is 2. The molecule has 0 bridgehead atoms. The van der Waals surface area contributed by atoms with Crippen molar-refractivity contribution in [2.45, 2.75) is 19.1 Å². The molecule has 0 unspecified atom stereocenters. The zero-order valence-corrected chi connectivity index (χ0v) is 12.7. The molecule has 0 aliphatic rings. The van der Waals surface area contributed by atoms with Crippen molar-refractivity contribution in [3.05, 3.63) is 66.0 Å².